The van der Waals surface area contributed by atoms with Gasteiger partial charge in [0.15, 0.2) is 0 Å². The van der Waals surface area contributed by atoms with E-state index >= 15 is 0 Å². The van der Waals surface area contributed by atoms with Crippen molar-refractivity contribution in [1.29, 1.82) is 0 Å². The third-order valence-corrected chi connectivity index (χ3v) is 6.98. The maximum absolute atomic E-state index is 14.2. The number of alkyl halides is 3. The number of nitrogens with zero attached hydrogens (tertiary/aromatic N) is 1. The van der Waals surface area contributed by atoms with Crippen LogP contribution in [0.2, 0.25) is 0 Å². The molecule has 1 N–H and O–H groups in total. The van der Waals surface area contributed by atoms with Crippen LogP contribution in [0, 0.1) is 11.6 Å². The third kappa shape index (κ3) is 4.78. The van der Waals surface area contributed by atoms with Crippen molar-refractivity contribution >= 4 is 27.3 Å². The van der Waals surface area contributed by atoms with E-state index in [0.717, 1.165) is 40.7 Å². The highest BCUT2D eigenvalue weighted by Crippen LogP contribution is 2.39. The summed E-state index contributed by atoms with van der Waals surface area (Å²) in [6, 6.07) is 10.1. The summed E-state index contributed by atoms with van der Waals surface area (Å²) in [5.41, 5.74) is -2.75. The number of amides is 1. The second-order valence-corrected chi connectivity index (χ2v) is 9.58. The molecule has 35 heavy (non-hydrogen) atoms. The lowest BCUT2D eigenvalue weighted by molar-refractivity contribution is -0.138. The molecule has 0 saturated heterocycles. The molecule has 184 valence electrons. The number of anilines is 2. The first-order chi connectivity index (χ1) is 16.4. The van der Waals surface area contributed by atoms with Crippen LogP contribution in [0.3, 0.4) is 0 Å². The van der Waals surface area contributed by atoms with E-state index in [1.54, 1.807) is 6.92 Å². The molecule has 0 aromatic heterocycles. The van der Waals surface area contributed by atoms with Crippen molar-refractivity contribution in [2.24, 2.45) is 0 Å². The molecule has 1 aliphatic heterocycles. The standard InChI is InChI=1S/C23H17F5N2O4S/c1-13-12-30(35(32,33)16-8-5-14(24)6-9-16)19-11-15(7-10-20(19)34-13)29-22(31)21-17(23(26,27)28)3-2-4-18(21)25/h2-11,13H,12H2,1H3,(H,29,31). The van der Waals surface area contributed by atoms with Gasteiger partial charge in [-0.15, -0.1) is 0 Å². The number of benzene rings is 3. The molecule has 3 aromatic rings. The maximum atomic E-state index is 14.2. The summed E-state index contributed by atoms with van der Waals surface area (Å²) >= 11 is 0. The van der Waals surface area contributed by atoms with Gasteiger partial charge in [0.1, 0.15) is 23.5 Å². The lowest BCUT2D eigenvalue weighted by Gasteiger charge is -2.34. The molecule has 0 spiro atoms. The first-order valence-corrected chi connectivity index (χ1v) is 11.6. The molecule has 0 fully saturated rings. The zero-order valence-corrected chi connectivity index (χ0v) is 18.8. The van der Waals surface area contributed by atoms with E-state index in [2.05, 4.69) is 5.32 Å². The first-order valence-electron chi connectivity index (χ1n) is 10.1. The molecule has 0 saturated carbocycles. The number of rotatable bonds is 4. The number of fused-ring (bicyclic) bond motifs is 1. The molecule has 3 aromatic carbocycles. The molecular weight excluding hydrogens is 495 g/mol. The summed E-state index contributed by atoms with van der Waals surface area (Å²) in [7, 11) is -4.19. The normalized spacial score (nSPS) is 15.8. The van der Waals surface area contributed by atoms with Crippen molar-refractivity contribution in [2.45, 2.75) is 24.1 Å². The summed E-state index contributed by atoms with van der Waals surface area (Å²) in [5.74, 6) is -3.23. The Morgan fingerprint density at radius 3 is 2.40 bits per heavy atom. The molecule has 1 unspecified atom stereocenters. The second kappa shape index (κ2) is 8.84. The average Bonchev–Trinajstić information content (AvgIpc) is 2.78. The Morgan fingerprint density at radius 2 is 1.74 bits per heavy atom. The van der Waals surface area contributed by atoms with Crippen LogP contribution in [0.5, 0.6) is 5.75 Å². The van der Waals surface area contributed by atoms with Crippen molar-refractivity contribution in [3.8, 4) is 5.75 Å². The van der Waals surface area contributed by atoms with E-state index in [1.807, 2.05) is 0 Å². The van der Waals surface area contributed by atoms with Crippen molar-refractivity contribution in [3.63, 3.8) is 0 Å². The number of hydrogen-bond donors (Lipinski definition) is 1. The summed E-state index contributed by atoms with van der Waals surface area (Å²) < 4.78 is 101. The second-order valence-electron chi connectivity index (χ2n) is 7.72. The number of hydrogen-bond acceptors (Lipinski definition) is 4. The van der Waals surface area contributed by atoms with Crippen LogP contribution in [0.1, 0.15) is 22.8 Å². The van der Waals surface area contributed by atoms with E-state index in [0.29, 0.717) is 6.07 Å². The number of ether oxygens (including phenoxy) is 1. The smallest absolute Gasteiger partial charge is 0.417 e. The molecule has 1 aliphatic rings. The number of halogens is 5. The lowest BCUT2D eigenvalue weighted by Crippen LogP contribution is -2.42. The Kier molecular flexibility index (Phi) is 6.18. The van der Waals surface area contributed by atoms with Crippen LogP contribution in [-0.2, 0) is 16.2 Å². The molecule has 1 atom stereocenters. The molecule has 12 heteroatoms. The highest BCUT2D eigenvalue weighted by molar-refractivity contribution is 7.92. The van der Waals surface area contributed by atoms with Gasteiger partial charge in [-0.05, 0) is 61.5 Å². The van der Waals surface area contributed by atoms with Gasteiger partial charge in [-0.25, -0.2) is 17.2 Å². The molecule has 1 amide bonds. The van der Waals surface area contributed by atoms with Gasteiger partial charge < -0.3 is 10.1 Å². The molecular formula is C23H17F5N2O4S. The molecule has 0 bridgehead atoms. The SMILES string of the molecule is CC1CN(S(=O)(=O)c2ccc(F)cc2)c2cc(NC(=O)c3c(F)cccc3C(F)(F)F)ccc2O1. The number of sulfonamides is 1. The lowest BCUT2D eigenvalue weighted by atomic mass is 10.1. The minimum absolute atomic E-state index is 0.00481. The van der Waals surface area contributed by atoms with Crippen molar-refractivity contribution in [2.75, 3.05) is 16.2 Å². The fourth-order valence-electron chi connectivity index (χ4n) is 3.62. The minimum Gasteiger partial charge on any atom is -0.487 e. The summed E-state index contributed by atoms with van der Waals surface area (Å²) in [6.45, 7) is 1.50. The van der Waals surface area contributed by atoms with E-state index < -0.39 is 51.0 Å². The molecule has 0 radical (unpaired) electrons. The van der Waals surface area contributed by atoms with Crippen LogP contribution in [0.25, 0.3) is 0 Å². The van der Waals surface area contributed by atoms with E-state index in [1.165, 1.54) is 18.2 Å². The van der Waals surface area contributed by atoms with Crippen molar-refractivity contribution in [3.05, 3.63) is 83.4 Å². The molecule has 6 nitrogen and oxygen atoms in total. The van der Waals surface area contributed by atoms with Crippen LogP contribution in [0.15, 0.2) is 65.6 Å². The van der Waals surface area contributed by atoms with E-state index in [9.17, 15) is 35.2 Å². The quantitative estimate of drug-likeness (QED) is 0.487. The van der Waals surface area contributed by atoms with Gasteiger partial charge in [0.25, 0.3) is 15.9 Å². The Balaban J connectivity index is 1.72. The highest BCUT2D eigenvalue weighted by atomic mass is 32.2. The Bertz CT molecular complexity index is 1390. The topological polar surface area (TPSA) is 75.7 Å². The summed E-state index contributed by atoms with van der Waals surface area (Å²) in [6.07, 6.45) is -5.54. The van der Waals surface area contributed by atoms with Crippen LogP contribution in [-0.4, -0.2) is 27.0 Å². The minimum atomic E-state index is -4.98. The molecule has 0 aliphatic carbocycles. The zero-order valence-electron chi connectivity index (χ0n) is 17.9. The zero-order chi connectivity index (χ0) is 25.5. The summed E-state index contributed by atoms with van der Waals surface area (Å²) in [5, 5.41) is 2.19. The molecule has 4 rings (SSSR count). The predicted molar refractivity (Wildman–Crippen MR) is 117 cm³/mol. The molecule has 1 heterocycles. The van der Waals surface area contributed by atoms with Crippen molar-refractivity contribution < 1.29 is 39.9 Å². The van der Waals surface area contributed by atoms with Gasteiger partial charge in [-0.2, -0.15) is 13.2 Å². The van der Waals surface area contributed by atoms with Gasteiger partial charge in [-0.1, -0.05) is 6.07 Å². The largest absolute Gasteiger partial charge is 0.487 e. The highest BCUT2D eigenvalue weighted by Gasteiger charge is 2.37. The summed E-state index contributed by atoms with van der Waals surface area (Å²) in [4.78, 5) is 12.4. The Labute approximate surface area is 197 Å². The number of carbonyl (C=O) groups excluding carboxylic acids is 1. The van der Waals surface area contributed by atoms with E-state index in [-0.39, 0.29) is 28.6 Å². The monoisotopic (exact) mass is 512 g/mol. The fourth-order valence-corrected chi connectivity index (χ4v) is 5.16. The fraction of sp³-hybridized carbons (Fsp3) is 0.174. The van der Waals surface area contributed by atoms with Gasteiger partial charge in [0.05, 0.1) is 28.3 Å². The van der Waals surface area contributed by atoms with Gasteiger partial charge >= 0.3 is 6.18 Å². The van der Waals surface area contributed by atoms with E-state index in [4.69, 9.17) is 4.74 Å². The van der Waals surface area contributed by atoms with Crippen LogP contribution >= 0.6 is 0 Å². The van der Waals surface area contributed by atoms with Crippen LogP contribution < -0.4 is 14.4 Å². The van der Waals surface area contributed by atoms with Gasteiger partial charge in [0.2, 0.25) is 0 Å². The Morgan fingerprint density at radius 1 is 1.06 bits per heavy atom. The van der Waals surface area contributed by atoms with Gasteiger partial charge in [0, 0.05) is 5.69 Å². The van der Waals surface area contributed by atoms with Crippen molar-refractivity contribution in [1.82, 2.24) is 0 Å². The first kappa shape index (κ1) is 24.5. The Hall–Kier alpha value is -3.67. The number of carbonyl (C=O) groups is 1. The number of nitrogens with one attached hydrogen (secondary N) is 1. The maximum Gasteiger partial charge on any atom is 0.417 e. The average molecular weight is 512 g/mol. The van der Waals surface area contributed by atoms with Gasteiger partial charge in [-0.3, -0.25) is 9.10 Å². The third-order valence-electron chi connectivity index (χ3n) is 5.18. The van der Waals surface area contributed by atoms with Crippen LogP contribution in [0.4, 0.5) is 33.3 Å². The predicted octanol–water partition coefficient (Wildman–Crippen LogP) is 5.21.